The van der Waals surface area contributed by atoms with Crippen molar-refractivity contribution in [2.75, 3.05) is 19.3 Å². The number of carbonyl (C=O) groups excluding carboxylic acids is 1. The number of hydrazone groups is 1. The maximum Gasteiger partial charge on any atom is 0.227 e. The second kappa shape index (κ2) is 9.06. The fraction of sp³-hybridized carbons (Fsp3) is 0.222. The molecule has 152 valence electrons. The monoisotopic (exact) mass is 438 g/mol. The van der Waals surface area contributed by atoms with Crippen LogP contribution < -0.4 is 15.9 Å². The summed E-state index contributed by atoms with van der Waals surface area (Å²) in [6.45, 7) is 0.813. The second-order valence-electron chi connectivity index (χ2n) is 5.99. The molecule has 1 aromatic heterocycles. The van der Waals surface area contributed by atoms with Gasteiger partial charge in [0.2, 0.25) is 11.8 Å². The summed E-state index contributed by atoms with van der Waals surface area (Å²) in [7, 11) is 1.63. The van der Waals surface area contributed by atoms with Gasteiger partial charge in [0.1, 0.15) is 16.6 Å². The first-order valence-electron chi connectivity index (χ1n) is 8.50. The van der Waals surface area contributed by atoms with Crippen molar-refractivity contribution in [2.45, 2.75) is 13.0 Å². The van der Waals surface area contributed by atoms with Gasteiger partial charge in [-0.25, -0.2) is 9.37 Å². The largest absolute Gasteiger partial charge is 0.437 e. The molecule has 1 aliphatic rings. The molecule has 0 aliphatic carbocycles. The molecule has 3 rings (SSSR count). The van der Waals surface area contributed by atoms with E-state index in [-0.39, 0.29) is 27.6 Å². The van der Waals surface area contributed by atoms with Crippen LogP contribution in [0, 0.1) is 5.82 Å². The Bertz CT molecular complexity index is 999. The molecule has 0 unspecified atom stereocenters. The van der Waals surface area contributed by atoms with Crippen molar-refractivity contribution in [1.29, 1.82) is 0 Å². The molecule has 3 N–H and O–H groups in total. The van der Waals surface area contributed by atoms with Crippen molar-refractivity contribution in [2.24, 2.45) is 5.10 Å². The molecule has 1 aromatic carbocycles. The number of rotatable bonds is 6. The molecule has 0 amide bonds. The Labute approximate surface area is 176 Å². The molecule has 0 saturated heterocycles. The molecular weight excluding hydrogens is 422 g/mol. The predicted molar refractivity (Wildman–Crippen MR) is 109 cm³/mol. The second-order valence-corrected chi connectivity index (χ2v) is 6.81. The Kier molecular flexibility index (Phi) is 6.50. The number of fused-ring (bicyclic) bond motifs is 1. The van der Waals surface area contributed by atoms with Gasteiger partial charge in [0, 0.05) is 19.2 Å². The van der Waals surface area contributed by atoms with E-state index in [1.807, 2.05) is 4.90 Å². The SMILES string of the molecule is CN/N=C\C(=C(\Cl)C=O)N1CCc2c(nc(N)nc2Oc2ccc(F)cc2Cl)C1. The highest BCUT2D eigenvalue weighted by atomic mass is 35.5. The van der Waals surface area contributed by atoms with Gasteiger partial charge in [-0.2, -0.15) is 10.1 Å². The van der Waals surface area contributed by atoms with Crippen LogP contribution in [0.4, 0.5) is 10.3 Å². The molecule has 0 radical (unpaired) electrons. The predicted octanol–water partition coefficient (Wildman–Crippen LogP) is 2.86. The van der Waals surface area contributed by atoms with E-state index in [4.69, 9.17) is 33.7 Å². The molecule has 2 aromatic rings. The molecule has 0 fully saturated rings. The Morgan fingerprint density at radius 1 is 1.45 bits per heavy atom. The van der Waals surface area contributed by atoms with E-state index in [9.17, 15) is 9.18 Å². The molecule has 0 atom stereocenters. The van der Waals surface area contributed by atoms with E-state index in [2.05, 4.69) is 20.5 Å². The zero-order valence-corrected chi connectivity index (χ0v) is 16.8. The van der Waals surface area contributed by atoms with Crippen molar-refractivity contribution in [1.82, 2.24) is 20.3 Å². The Balaban J connectivity index is 1.94. The minimum absolute atomic E-state index is 0.00902. The molecule has 0 spiro atoms. The summed E-state index contributed by atoms with van der Waals surface area (Å²) in [6, 6.07) is 3.80. The maximum absolute atomic E-state index is 13.3. The Hall–Kier alpha value is -2.91. The average molecular weight is 439 g/mol. The summed E-state index contributed by atoms with van der Waals surface area (Å²) in [5.74, 6) is 0.0321. The van der Waals surface area contributed by atoms with Crippen LogP contribution in [0.1, 0.15) is 11.3 Å². The van der Waals surface area contributed by atoms with Crippen LogP contribution in [-0.2, 0) is 17.8 Å². The van der Waals surface area contributed by atoms with Gasteiger partial charge in [-0.3, -0.25) is 4.79 Å². The van der Waals surface area contributed by atoms with Crippen LogP contribution in [0.15, 0.2) is 34.0 Å². The van der Waals surface area contributed by atoms with E-state index < -0.39 is 5.82 Å². The number of halogens is 3. The van der Waals surface area contributed by atoms with Crippen molar-refractivity contribution >= 4 is 41.7 Å². The van der Waals surface area contributed by atoms with Gasteiger partial charge < -0.3 is 20.8 Å². The number of ether oxygens (including phenoxy) is 1. The van der Waals surface area contributed by atoms with E-state index >= 15 is 0 Å². The van der Waals surface area contributed by atoms with Gasteiger partial charge in [0.05, 0.1) is 29.2 Å². The highest BCUT2D eigenvalue weighted by Crippen LogP contribution is 2.34. The molecular formula is C18H17Cl2FN6O2. The van der Waals surface area contributed by atoms with Gasteiger partial charge in [0.15, 0.2) is 6.29 Å². The summed E-state index contributed by atoms with van der Waals surface area (Å²) < 4.78 is 19.1. The van der Waals surface area contributed by atoms with Crippen molar-refractivity contribution in [3.8, 4) is 11.6 Å². The quantitative estimate of drug-likeness (QED) is 0.309. The number of anilines is 1. The Morgan fingerprint density at radius 3 is 2.93 bits per heavy atom. The first-order valence-corrected chi connectivity index (χ1v) is 9.26. The lowest BCUT2D eigenvalue weighted by molar-refractivity contribution is -0.104. The highest BCUT2D eigenvalue weighted by Gasteiger charge is 2.25. The van der Waals surface area contributed by atoms with E-state index in [1.165, 1.54) is 18.3 Å². The normalized spacial score (nSPS) is 14.4. The number of nitrogens with two attached hydrogens (primary N) is 1. The van der Waals surface area contributed by atoms with Gasteiger partial charge in [-0.05, 0) is 24.6 Å². The molecule has 0 saturated carbocycles. The first-order chi connectivity index (χ1) is 13.9. The molecule has 1 aliphatic heterocycles. The molecule has 29 heavy (non-hydrogen) atoms. The number of hydrogen-bond donors (Lipinski definition) is 2. The van der Waals surface area contributed by atoms with E-state index in [0.717, 1.165) is 11.6 Å². The molecule has 0 bridgehead atoms. The minimum atomic E-state index is -0.475. The third-order valence-corrected chi connectivity index (χ3v) is 4.73. The number of allylic oxidation sites excluding steroid dienone is 2. The number of carbonyl (C=O) groups is 1. The fourth-order valence-corrected chi connectivity index (χ4v) is 3.22. The molecule has 8 nitrogen and oxygen atoms in total. The lowest BCUT2D eigenvalue weighted by Crippen LogP contribution is -2.33. The Morgan fingerprint density at radius 2 is 2.24 bits per heavy atom. The molecule has 2 heterocycles. The van der Waals surface area contributed by atoms with Crippen molar-refractivity contribution in [3.63, 3.8) is 0 Å². The first kappa shape index (κ1) is 20.8. The summed E-state index contributed by atoms with van der Waals surface area (Å²) in [5.41, 5.74) is 10.3. The smallest absolute Gasteiger partial charge is 0.227 e. The lowest BCUT2D eigenvalue weighted by atomic mass is 10.1. The van der Waals surface area contributed by atoms with Crippen LogP contribution >= 0.6 is 23.2 Å². The zero-order valence-electron chi connectivity index (χ0n) is 15.3. The lowest BCUT2D eigenvalue weighted by Gasteiger charge is -2.31. The van der Waals surface area contributed by atoms with Gasteiger partial charge in [-0.15, -0.1) is 0 Å². The fourth-order valence-electron chi connectivity index (χ4n) is 2.85. The van der Waals surface area contributed by atoms with Crippen LogP contribution in [0.25, 0.3) is 0 Å². The number of aromatic nitrogens is 2. The van der Waals surface area contributed by atoms with Gasteiger partial charge in [-0.1, -0.05) is 23.2 Å². The van der Waals surface area contributed by atoms with Crippen LogP contribution in [-0.4, -0.2) is 41.0 Å². The summed E-state index contributed by atoms with van der Waals surface area (Å²) in [5, 5.41) is 4.06. The van der Waals surface area contributed by atoms with E-state index in [0.29, 0.717) is 37.2 Å². The number of hydrogen-bond acceptors (Lipinski definition) is 8. The van der Waals surface area contributed by atoms with Gasteiger partial charge in [0.25, 0.3) is 0 Å². The number of nitrogens with one attached hydrogen (secondary N) is 1. The number of nitrogens with zero attached hydrogens (tertiary/aromatic N) is 4. The van der Waals surface area contributed by atoms with Crippen molar-refractivity contribution < 1.29 is 13.9 Å². The van der Waals surface area contributed by atoms with Crippen molar-refractivity contribution in [3.05, 3.63) is 51.0 Å². The summed E-state index contributed by atoms with van der Waals surface area (Å²) in [6.07, 6.45) is 2.50. The third kappa shape index (κ3) is 4.75. The summed E-state index contributed by atoms with van der Waals surface area (Å²) in [4.78, 5) is 21.5. The highest BCUT2D eigenvalue weighted by molar-refractivity contribution is 6.40. The molecule has 11 heteroatoms. The van der Waals surface area contributed by atoms with Crippen LogP contribution in [0.5, 0.6) is 11.6 Å². The topological polar surface area (TPSA) is 106 Å². The number of nitrogen functional groups attached to an aromatic ring is 1. The van der Waals surface area contributed by atoms with Gasteiger partial charge >= 0.3 is 0 Å². The summed E-state index contributed by atoms with van der Waals surface area (Å²) >= 11 is 12.1. The van der Waals surface area contributed by atoms with E-state index in [1.54, 1.807) is 7.05 Å². The third-order valence-electron chi connectivity index (χ3n) is 4.15. The van der Waals surface area contributed by atoms with Crippen LogP contribution in [0.3, 0.4) is 0 Å². The van der Waals surface area contributed by atoms with Crippen LogP contribution in [0.2, 0.25) is 5.02 Å². The zero-order chi connectivity index (χ0) is 21.0. The maximum atomic E-state index is 13.3. The minimum Gasteiger partial charge on any atom is -0.437 e. The average Bonchev–Trinajstić information content (AvgIpc) is 2.69. The number of benzene rings is 1. The standard InChI is InChI=1S/C18H17Cl2FN6O2/c1-23-24-7-15(13(20)9-28)27-5-4-11-14(8-27)25-18(22)26-17(11)29-16-3-2-10(21)6-12(16)19/h2-3,6-7,9,23H,4-5,8H2,1H3,(H2,22,25,26)/b15-13-,24-7-. The number of aldehydes is 1.